The Morgan fingerprint density at radius 2 is 2.06 bits per heavy atom. The van der Waals surface area contributed by atoms with E-state index >= 15 is 0 Å². The number of amides is 1. The summed E-state index contributed by atoms with van der Waals surface area (Å²) >= 11 is 0. The highest BCUT2D eigenvalue weighted by Gasteiger charge is 2.33. The highest BCUT2D eigenvalue weighted by Crippen LogP contribution is 2.27. The molecule has 1 atom stereocenters. The summed E-state index contributed by atoms with van der Waals surface area (Å²) < 4.78 is 0. The first-order valence-electron chi connectivity index (χ1n) is 6.82. The molecule has 0 aromatic carbocycles. The number of carbonyl (C=O) groups excluding carboxylic acids is 1. The van der Waals surface area contributed by atoms with Crippen LogP contribution in [0.4, 0.5) is 0 Å². The lowest BCUT2D eigenvalue weighted by Gasteiger charge is -2.45. The summed E-state index contributed by atoms with van der Waals surface area (Å²) in [5.41, 5.74) is 0. The van der Waals surface area contributed by atoms with Crippen LogP contribution in [-0.4, -0.2) is 62.0 Å². The van der Waals surface area contributed by atoms with Crippen LogP contribution in [0.2, 0.25) is 0 Å². The molecule has 1 unspecified atom stereocenters. The van der Waals surface area contributed by atoms with Gasteiger partial charge in [-0.15, -0.1) is 0 Å². The Morgan fingerprint density at radius 1 is 1.35 bits per heavy atom. The monoisotopic (exact) mass is 239 g/mol. The average molecular weight is 239 g/mol. The molecular weight excluding hydrogens is 214 g/mol. The molecule has 98 valence electrons. The van der Waals surface area contributed by atoms with Crippen molar-refractivity contribution in [3.05, 3.63) is 0 Å². The van der Waals surface area contributed by atoms with Crippen LogP contribution in [0, 0.1) is 5.92 Å². The Morgan fingerprint density at radius 3 is 2.59 bits per heavy atom. The van der Waals surface area contributed by atoms with Crippen molar-refractivity contribution in [3.8, 4) is 0 Å². The molecule has 3 heterocycles. The van der Waals surface area contributed by atoms with Crippen LogP contribution in [0.5, 0.6) is 0 Å². The van der Waals surface area contributed by atoms with Crippen LogP contribution in [0.25, 0.3) is 0 Å². The average Bonchev–Trinajstić information content (AvgIpc) is 2.35. The first-order valence-corrected chi connectivity index (χ1v) is 6.82. The summed E-state index contributed by atoms with van der Waals surface area (Å²) in [6.07, 6.45) is 4.34. The van der Waals surface area contributed by atoms with Gasteiger partial charge in [0, 0.05) is 33.1 Å². The minimum atomic E-state index is 0.237. The van der Waals surface area contributed by atoms with Crippen molar-refractivity contribution in [2.24, 2.45) is 5.92 Å². The lowest BCUT2D eigenvalue weighted by molar-refractivity contribution is -0.128. The predicted octanol–water partition coefficient (Wildman–Crippen LogP) is 0.539. The molecule has 0 saturated carbocycles. The maximum atomic E-state index is 11.4. The third-order valence-electron chi connectivity index (χ3n) is 4.13. The Kier molecular flexibility index (Phi) is 4.40. The van der Waals surface area contributed by atoms with E-state index in [4.69, 9.17) is 0 Å². The molecule has 4 nitrogen and oxygen atoms in total. The van der Waals surface area contributed by atoms with Crippen LogP contribution in [0.3, 0.4) is 0 Å². The zero-order chi connectivity index (χ0) is 12.3. The maximum absolute atomic E-state index is 11.4. The van der Waals surface area contributed by atoms with Crippen molar-refractivity contribution >= 4 is 5.91 Å². The Balaban J connectivity index is 1.61. The van der Waals surface area contributed by atoms with E-state index in [-0.39, 0.29) is 5.91 Å². The van der Waals surface area contributed by atoms with E-state index < -0.39 is 0 Å². The van der Waals surface area contributed by atoms with Crippen molar-refractivity contribution in [3.63, 3.8) is 0 Å². The fourth-order valence-electron chi connectivity index (χ4n) is 2.95. The summed E-state index contributed by atoms with van der Waals surface area (Å²) in [7, 11) is 3.65. The Labute approximate surface area is 104 Å². The van der Waals surface area contributed by atoms with Crippen molar-refractivity contribution in [1.29, 1.82) is 0 Å². The highest BCUT2D eigenvalue weighted by atomic mass is 16.2. The SMILES string of the molecule is CN(C)C(=O)CCCNC1CN2CCC1CC2. The highest BCUT2D eigenvalue weighted by molar-refractivity contribution is 5.75. The molecule has 4 heteroatoms. The topological polar surface area (TPSA) is 35.6 Å². The number of nitrogens with one attached hydrogen (secondary N) is 1. The lowest BCUT2D eigenvalue weighted by atomic mass is 9.84. The van der Waals surface area contributed by atoms with Crippen molar-refractivity contribution in [2.75, 3.05) is 40.3 Å². The number of carbonyl (C=O) groups is 1. The third-order valence-corrected chi connectivity index (χ3v) is 4.13. The van der Waals surface area contributed by atoms with E-state index in [2.05, 4.69) is 10.2 Å². The van der Waals surface area contributed by atoms with Gasteiger partial charge in [0.15, 0.2) is 0 Å². The molecule has 0 radical (unpaired) electrons. The van der Waals surface area contributed by atoms with Crippen LogP contribution >= 0.6 is 0 Å². The molecule has 3 fully saturated rings. The second-order valence-electron chi connectivity index (χ2n) is 5.59. The summed E-state index contributed by atoms with van der Waals surface area (Å²) in [5, 5.41) is 3.63. The first-order chi connectivity index (χ1) is 8.16. The third kappa shape index (κ3) is 3.42. The van der Waals surface area contributed by atoms with Gasteiger partial charge < -0.3 is 15.1 Å². The Bertz CT molecular complexity index is 259. The van der Waals surface area contributed by atoms with Crippen molar-refractivity contribution in [1.82, 2.24) is 15.1 Å². The molecule has 0 aliphatic carbocycles. The van der Waals surface area contributed by atoms with E-state index in [0.29, 0.717) is 12.5 Å². The molecule has 17 heavy (non-hydrogen) atoms. The molecule has 1 amide bonds. The van der Waals surface area contributed by atoms with Crippen LogP contribution < -0.4 is 5.32 Å². The smallest absolute Gasteiger partial charge is 0.222 e. The second-order valence-corrected chi connectivity index (χ2v) is 5.59. The van der Waals surface area contributed by atoms with E-state index in [1.165, 1.54) is 32.5 Å². The molecule has 0 spiro atoms. The van der Waals surface area contributed by atoms with Gasteiger partial charge in [0.25, 0.3) is 0 Å². The number of fused-ring (bicyclic) bond motifs is 3. The number of nitrogens with zero attached hydrogens (tertiary/aromatic N) is 2. The van der Waals surface area contributed by atoms with Crippen molar-refractivity contribution < 1.29 is 4.79 Å². The second kappa shape index (κ2) is 5.83. The molecule has 3 aliphatic heterocycles. The zero-order valence-electron chi connectivity index (χ0n) is 11.1. The molecular formula is C13H25N3O. The first kappa shape index (κ1) is 12.8. The van der Waals surface area contributed by atoms with Gasteiger partial charge in [-0.1, -0.05) is 0 Å². The summed E-state index contributed by atoms with van der Waals surface area (Å²) in [6.45, 7) is 4.78. The van der Waals surface area contributed by atoms with Crippen LogP contribution in [-0.2, 0) is 4.79 Å². The lowest BCUT2D eigenvalue weighted by Crippen LogP contribution is -2.56. The fourth-order valence-corrected chi connectivity index (χ4v) is 2.95. The molecule has 0 aromatic heterocycles. The summed E-state index contributed by atoms with van der Waals surface area (Å²) in [5.74, 6) is 1.12. The molecule has 2 bridgehead atoms. The summed E-state index contributed by atoms with van der Waals surface area (Å²) in [6, 6.07) is 0.673. The van der Waals surface area contributed by atoms with E-state index in [1.807, 2.05) is 14.1 Å². The number of hydrogen-bond donors (Lipinski definition) is 1. The zero-order valence-corrected chi connectivity index (χ0v) is 11.1. The van der Waals surface area contributed by atoms with E-state index in [1.54, 1.807) is 4.90 Å². The fraction of sp³-hybridized carbons (Fsp3) is 0.923. The van der Waals surface area contributed by atoms with Gasteiger partial charge in [0.05, 0.1) is 0 Å². The maximum Gasteiger partial charge on any atom is 0.222 e. The van der Waals surface area contributed by atoms with Crippen molar-refractivity contribution in [2.45, 2.75) is 31.7 Å². The van der Waals surface area contributed by atoms with Gasteiger partial charge in [-0.3, -0.25) is 4.79 Å². The normalized spacial score (nSPS) is 31.5. The standard InChI is InChI=1S/C13H25N3O/c1-15(2)13(17)4-3-7-14-12-10-16-8-5-11(12)6-9-16/h11-12,14H,3-10H2,1-2H3. The molecule has 1 N–H and O–H groups in total. The largest absolute Gasteiger partial charge is 0.349 e. The number of piperidine rings is 3. The number of rotatable bonds is 5. The van der Waals surface area contributed by atoms with Gasteiger partial charge in [-0.2, -0.15) is 0 Å². The molecule has 3 saturated heterocycles. The Hall–Kier alpha value is -0.610. The van der Waals surface area contributed by atoms with E-state index in [9.17, 15) is 4.79 Å². The molecule has 0 aromatic rings. The predicted molar refractivity (Wildman–Crippen MR) is 68.9 cm³/mol. The van der Waals surface area contributed by atoms with Gasteiger partial charge in [0.1, 0.15) is 0 Å². The molecule has 3 rings (SSSR count). The quantitative estimate of drug-likeness (QED) is 0.711. The minimum Gasteiger partial charge on any atom is -0.349 e. The van der Waals surface area contributed by atoms with Crippen LogP contribution in [0.1, 0.15) is 25.7 Å². The van der Waals surface area contributed by atoms with Crippen LogP contribution in [0.15, 0.2) is 0 Å². The van der Waals surface area contributed by atoms with Gasteiger partial charge in [-0.25, -0.2) is 0 Å². The number of hydrogen-bond acceptors (Lipinski definition) is 3. The molecule has 3 aliphatic rings. The van der Waals surface area contributed by atoms with Gasteiger partial charge in [-0.05, 0) is 44.8 Å². The minimum absolute atomic E-state index is 0.237. The van der Waals surface area contributed by atoms with E-state index in [0.717, 1.165) is 18.9 Å². The van der Waals surface area contributed by atoms with Gasteiger partial charge >= 0.3 is 0 Å². The van der Waals surface area contributed by atoms with Gasteiger partial charge in [0.2, 0.25) is 5.91 Å². The summed E-state index contributed by atoms with van der Waals surface area (Å²) in [4.78, 5) is 15.6.